The van der Waals surface area contributed by atoms with Crippen LogP contribution in [0.15, 0.2) is 35.3 Å². The highest BCUT2D eigenvalue weighted by atomic mass is 16.2. The molecule has 0 aromatic heterocycles. The predicted molar refractivity (Wildman–Crippen MR) is 100 cm³/mol. The Morgan fingerprint density at radius 2 is 1.96 bits per heavy atom. The Kier molecular flexibility index (Phi) is 6.56. The van der Waals surface area contributed by atoms with Crippen LogP contribution in [0.1, 0.15) is 47.0 Å². The Bertz CT molecular complexity index is 628. The zero-order chi connectivity index (χ0) is 18.4. The fourth-order valence-electron chi connectivity index (χ4n) is 2.76. The van der Waals surface area contributed by atoms with Crippen molar-refractivity contribution >= 4 is 23.3 Å². The lowest BCUT2D eigenvalue weighted by Crippen LogP contribution is -2.59. The maximum absolute atomic E-state index is 13.0. The van der Waals surface area contributed by atoms with Gasteiger partial charge in [-0.15, -0.1) is 0 Å². The minimum absolute atomic E-state index is 0.0759. The number of hydrazine groups is 1. The highest BCUT2D eigenvalue weighted by molar-refractivity contribution is 6.39. The van der Waals surface area contributed by atoms with Gasteiger partial charge < -0.3 is 4.90 Å². The third-order valence-electron chi connectivity index (χ3n) is 4.22. The average molecular weight is 344 g/mol. The lowest BCUT2D eigenvalue weighted by Gasteiger charge is -2.34. The first-order valence-electron chi connectivity index (χ1n) is 9.00. The maximum Gasteiger partial charge on any atom is 0.290 e. The van der Waals surface area contributed by atoms with Gasteiger partial charge in [-0.05, 0) is 39.3 Å². The largest absolute Gasteiger partial charge is 0.334 e. The van der Waals surface area contributed by atoms with Crippen molar-refractivity contribution in [2.24, 2.45) is 4.99 Å². The summed E-state index contributed by atoms with van der Waals surface area (Å²) in [6, 6.07) is 8.73. The number of aliphatic imine (C=N–C) groups is 1. The van der Waals surface area contributed by atoms with Crippen molar-refractivity contribution in [3.63, 3.8) is 0 Å². The second-order valence-electron chi connectivity index (χ2n) is 6.57. The van der Waals surface area contributed by atoms with Crippen LogP contribution in [0.3, 0.4) is 0 Å². The van der Waals surface area contributed by atoms with Gasteiger partial charge in [0.1, 0.15) is 6.04 Å². The maximum atomic E-state index is 13.0. The van der Waals surface area contributed by atoms with Crippen LogP contribution in [0, 0.1) is 0 Å². The number of nitrogens with zero attached hydrogens (tertiary/aromatic N) is 3. The van der Waals surface area contributed by atoms with Gasteiger partial charge in [0, 0.05) is 12.6 Å². The van der Waals surface area contributed by atoms with Crippen LogP contribution in [-0.2, 0) is 9.59 Å². The number of carbonyl (C=O) groups excluding carboxylic acids is 2. The molecule has 0 unspecified atom stereocenters. The molecule has 6 heteroatoms. The van der Waals surface area contributed by atoms with E-state index in [1.54, 1.807) is 6.92 Å². The molecule has 1 atom stereocenters. The van der Waals surface area contributed by atoms with Gasteiger partial charge in [0.25, 0.3) is 11.8 Å². The number of nitrogens with one attached hydrogen (secondary N) is 1. The van der Waals surface area contributed by atoms with Crippen molar-refractivity contribution in [2.45, 2.75) is 59.0 Å². The summed E-state index contributed by atoms with van der Waals surface area (Å²) in [5.41, 5.74) is 3.61. The minimum atomic E-state index is -0.593. The van der Waals surface area contributed by atoms with E-state index in [0.29, 0.717) is 12.2 Å². The third-order valence-corrected chi connectivity index (χ3v) is 4.22. The molecule has 2 rings (SSSR count). The molecule has 0 saturated heterocycles. The van der Waals surface area contributed by atoms with Gasteiger partial charge in [0.05, 0.1) is 5.69 Å². The Morgan fingerprint density at radius 3 is 2.56 bits per heavy atom. The summed E-state index contributed by atoms with van der Waals surface area (Å²) in [5.74, 6) is -0.114. The number of hydrogen-bond acceptors (Lipinski definition) is 4. The zero-order valence-electron chi connectivity index (χ0n) is 15.5. The lowest BCUT2D eigenvalue weighted by molar-refractivity contribution is -0.126. The van der Waals surface area contributed by atoms with Gasteiger partial charge in [-0.1, -0.05) is 38.0 Å². The van der Waals surface area contributed by atoms with E-state index >= 15 is 0 Å². The smallest absolute Gasteiger partial charge is 0.290 e. The number of rotatable bonds is 7. The Hall–Kier alpha value is -2.37. The number of para-hydroxylation sites is 1. The van der Waals surface area contributed by atoms with Crippen molar-refractivity contribution in [2.75, 3.05) is 11.6 Å². The van der Waals surface area contributed by atoms with Crippen molar-refractivity contribution in [1.82, 2.24) is 10.3 Å². The van der Waals surface area contributed by atoms with Gasteiger partial charge in [-0.25, -0.2) is 10.0 Å². The molecule has 6 nitrogen and oxygen atoms in total. The average Bonchev–Trinajstić information content (AvgIpc) is 2.61. The van der Waals surface area contributed by atoms with Gasteiger partial charge >= 0.3 is 0 Å². The Balaban J connectivity index is 2.20. The summed E-state index contributed by atoms with van der Waals surface area (Å²) >= 11 is 0. The molecule has 0 fully saturated rings. The van der Waals surface area contributed by atoms with Crippen LogP contribution < -0.4 is 10.4 Å². The van der Waals surface area contributed by atoms with Crippen LogP contribution in [0.2, 0.25) is 0 Å². The first-order valence-corrected chi connectivity index (χ1v) is 9.00. The van der Waals surface area contributed by atoms with E-state index in [9.17, 15) is 9.59 Å². The van der Waals surface area contributed by atoms with E-state index in [0.717, 1.165) is 19.3 Å². The number of hydrogen-bond donors (Lipinski definition) is 1. The van der Waals surface area contributed by atoms with Crippen molar-refractivity contribution < 1.29 is 9.59 Å². The SMILES string of the molecule is CCCCCN(C(=O)C1=N[C@H](C)C(=O)N(c2ccccc2)N1)C(C)C. The summed E-state index contributed by atoms with van der Waals surface area (Å²) in [6.07, 6.45) is 3.15. The van der Waals surface area contributed by atoms with E-state index < -0.39 is 6.04 Å². The molecule has 0 spiro atoms. The molecular weight excluding hydrogens is 316 g/mol. The van der Waals surface area contributed by atoms with Crippen molar-refractivity contribution in [3.8, 4) is 0 Å². The van der Waals surface area contributed by atoms with E-state index in [1.165, 1.54) is 5.01 Å². The molecule has 25 heavy (non-hydrogen) atoms. The van der Waals surface area contributed by atoms with Crippen molar-refractivity contribution in [3.05, 3.63) is 30.3 Å². The van der Waals surface area contributed by atoms with Crippen LogP contribution in [0.25, 0.3) is 0 Å². The molecule has 0 saturated carbocycles. The van der Waals surface area contributed by atoms with E-state index in [-0.39, 0.29) is 23.7 Å². The zero-order valence-corrected chi connectivity index (χ0v) is 15.5. The van der Waals surface area contributed by atoms with Crippen LogP contribution >= 0.6 is 0 Å². The molecular formula is C19H28N4O2. The van der Waals surface area contributed by atoms with Gasteiger partial charge in [0.2, 0.25) is 5.84 Å². The first-order chi connectivity index (χ1) is 12.0. The van der Waals surface area contributed by atoms with Gasteiger partial charge in [0.15, 0.2) is 0 Å². The molecule has 136 valence electrons. The normalized spacial score (nSPS) is 17.3. The fourth-order valence-corrected chi connectivity index (χ4v) is 2.76. The van der Waals surface area contributed by atoms with Gasteiger partial charge in [-0.2, -0.15) is 0 Å². The van der Waals surface area contributed by atoms with Crippen LogP contribution in [-0.4, -0.2) is 41.2 Å². The molecule has 2 amide bonds. The highest BCUT2D eigenvalue weighted by Crippen LogP contribution is 2.17. The fraction of sp³-hybridized carbons (Fsp3) is 0.526. The molecule has 1 aliphatic heterocycles. The van der Waals surface area contributed by atoms with Gasteiger partial charge in [-0.3, -0.25) is 15.0 Å². The molecule has 1 aromatic rings. The number of amidine groups is 1. The Morgan fingerprint density at radius 1 is 1.28 bits per heavy atom. The summed E-state index contributed by atoms with van der Waals surface area (Å²) in [6.45, 7) is 8.54. The number of benzene rings is 1. The number of anilines is 1. The summed E-state index contributed by atoms with van der Waals surface area (Å²) in [4.78, 5) is 31.5. The molecule has 0 radical (unpaired) electrons. The summed E-state index contributed by atoms with van der Waals surface area (Å²) in [7, 11) is 0. The summed E-state index contributed by atoms with van der Waals surface area (Å²) < 4.78 is 0. The van der Waals surface area contributed by atoms with E-state index in [4.69, 9.17) is 0 Å². The molecule has 1 aromatic carbocycles. The lowest BCUT2D eigenvalue weighted by atomic mass is 10.2. The number of amides is 2. The molecule has 1 N–H and O–H groups in total. The predicted octanol–water partition coefficient (Wildman–Crippen LogP) is 2.75. The van der Waals surface area contributed by atoms with Crippen molar-refractivity contribution in [1.29, 1.82) is 0 Å². The Labute approximate surface area is 149 Å². The van der Waals surface area contributed by atoms with Crippen LogP contribution in [0.5, 0.6) is 0 Å². The molecule has 1 heterocycles. The molecule has 1 aliphatic rings. The topological polar surface area (TPSA) is 65.0 Å². The number of carbonyl (C=O) groups is 2. The number of unbranched alkanes of at least 4 members (excludes halogenated alkanes) is 2. The van der Waals surface area contributed by atoms with E-state index in [2.05, 4.69) is 17.3 Å². The minimum Gasteiger partial charge on any atom is -0.334 e. The van der Waals surface area contributed by atoms with Crippen LogP contribution in [0.4, 0.5) is 5.69 Å². The highest BCUT2D eigenvalue weighted by Gasteiger charge is 2.33. The quantitative estimate of drug-likeness (QED) is 0.774. The molecule has 0 aliphatic carbocycles. The van der Waals surface area contributed by atoms with E-state index in [1.807, 2.05) is 49.1 Å². The second-order valence-corrected chi connectivity index (χ2v) is 6.57. The summed E-state index contributed by atoms with van der Waals surface area (Å²) in [5, 5.41) is 1.41. The second kappa shape index (κ2) is 8.65. The monoisotopic (exact) mass is 344 g/mol. The molecule has 0 bridgehead atoms. The standard InChI is InChI=1S/C19H28N4O2/c1-5-6-10-13-22(14(2)3)19(25)17-20-15(4)18(24)23(21-17)16-11-8-7-9-12-16/h7-9,11-12,14-15H,5-6,10,13H2,1-4H3,(H,20,21)/t15-/m1/s1. The first kappa shape index (κ1) is 19.0. The third kappa shape index (κ3) is 4.59.